The van der Waals surface area contributed by atoms with E-state index in [9.17, 15) is 0 Å². The SMILES string of the molecule is CCc1ccc(OC[C@@H]2c3cc(OC)c(OC)cc3CCN2C(=S)NCCc2ccccc2)cc1. The Morgan fingerprint density at radius 1 is 0.971 bits per heavy atom. The third-order valence-electron chi connectivity index (χ3n) is 6.54. The Labute approximate surface area is 214 Å². The molecule has 0 unspecified atom stereocenters. The number of fused-ring (bicyclic) bond motifs is 1. The van der Waals surface area contributed by atoms with E-state index >= 15 is 0 Å². The summed E-state index contributed by atoms with van der Waals surface area (Å²) in [5.41, 5.74) is 4.98. The van der Waals surface area contributed by atoms with Crippen molar-refractivity contribution in [2.75, 3.05) is 33.9 Å². The number of thiocarbonyl (C=S) groups is 1. The summed E-state index contributed by atoms with van der Waals surface area (Å²) in [6.07, 6.45) is 2.80. The summed E-state index contributed by atoms with van der Waals surface area (Å²) in [7, 11) is 3.34. The first kappa shape index (κ1) is 24.9. The number of nitrogens with zero attached hydrogens (tertiary/aromatic N) is 1. The normalized spacial score (nSPS) is 14.7. The van der Waals surface area contributed by atoms with Crippen LogP contribution in [0.1, 0.15) is 35.2 Å². The predicted molar refractivity (Wildman–Crippen MR) is 145 cm³/mol. The minimum Gasteiger partial charge on any atom is -0.493 e. The number of nitrogens with one attached hydrogen (secondary N) is 1. The van der Waals surface area contributed by atoms with E-state index < -0.39 is 0 Å². The molecule has 0 bridgehead atoms. The van der Waals surface area contributed by atoms with E-state index in [-0.39, 0.29) is 6.04 Å². The average molecular weight is 491 g/mol. The molecule has 5 nitrogen and oxygen atoms in total. The van der Waals surface area contributed by atoms with Crippen molar-refractivity contribution in [2.45, 2.75) is 32.2 Å². The highest BCUT2D eigenvalue weighted by atomic mass is 32.1. The molecule has 1 N–H and O–H groups in total. The highest BCUT2D eigenvalue weighted by Gasteiger charge is 2.31. The summed E-state index contributed by atoms with van der Waals surface area (Å²) in [5.74, 6) is 2.32. The van der Waals surface area contributed by atoms with Gasteiger partial charge in [0.25, 0.3) is 0 Å². The lowest BCUT2D eigenvalue weighted by Gasteiger charge is -2.39. The van der Waals surface area contributed by atoms with Gasteiger partial charge in [0.15, 0.2) is 16.6 Å². The number of rotatable bonds is 9. The van der Waals surface area contributed by atoms with Gasteiger partial charge in [0, 0.05) is 13.1 Å². The molecule has 1 aliphatic rings. The molecule has 0 amide bonds. The minimum absolute atomic E-state index is 0.0406. The molecular formula is C29H34N2O3S. The smallest absolute Gasteiger partial charge is 0.169 e. The second kappa shape index (κ2) is 11.9. The standard InChI is InChI=1S/C29H34N2O3S/c1-4-21-10-12-24(13-11-21)34-20-26-25-19-28(33-3)27(32-2)18-23(25)15-17-31(26)29(35)30-16-14-22-8-6-5-7-9-22/h5-13,18-19,26H,4,14-17,20H2,1-3H3,(H,30,35)/t26-/m1/s1. The Balaban J connectivity index is 1.53. The van der Waals surface area contributed by atoms with Crippen molar-refractivity contribution in [1.82, 2.24) is 10.2 Å². The van der Waals surface area contributed by atoms with Crippen LogP contribution in [0.4, 0.5) is 0 Å². The van der Waals surface area contributed by atoms with Gasteiger partial charge in [-0.1, -0.05) is 49.4 Å². The molecule has 0 aromatic heterocycles. The van der Waals surface area contributed by atoms with Crippen LogP contribution in [0, 0.1) is 0 Å². The van der Waals surface area contributed by atoms with Crippen LogP contribution < -0.4 is 19.5 Å². The Morgan fingerprint density at radius 2 is 1.69 bits per heavy atom. The van der Waals surface area contributed by atoms with Gasteiger partial charge in [0.05, 0.1) is 20.3 Å². The zero-order chi connectivity index (χ0) is 24.6. The van der Waals surface area contributed by atoms with E-state index in [0.29, 0.717) is 12.4 Å². The van der Waals surface area contributed by atoms with Crippen molar-refractivity contribution in [3.63, 3.8) is 0 Å². The first-order valence-corrected chi connectivity index (χ1v) is 12.6. The number of hydrogen-bond donors (Lipinski definition) is 1. The van der Waals surface area contributed by atoms with Crippen LogP contribution in [-0.4, -0.2) is 43.9 Å². The highest BCUT2D eigenvalue weighted by molar-refractivity contribution is 7.80. The van der Waals surface area contributed by atoms with Crippen LogP contribution in [0.2, 0.25) is 0 Å². The summed E-state index contributed by atoms with van der Waals surface area (Å²) in [6.45, 7) is 4.22. The molecule has 0 spiro atoms. The van der Waals surface area contributed by atoms with E-state index in [1.54, 1.807) is 14.2 Å². The first-order valence-electron chi connectivity index (χ1n) is 12.2. The van der Waals surface area contributed by atoms with Crippen LogP contribution in [-0.2, 0) is 19.3 Å². The van der Waals surface area contributed by atoms with Crippen LogP contribution in [0.5, 0.6) is 17.2 Å². The maximum Gasteiger partial charge on any atom is 0.169 e. The molecule has 0 aliphatic carbocycles. The van der Waals surface area contributed by atoms with Gasteiger partial charge in [-0.05, 0) is 78.0 Å². The molecule has 6 heteroatoms. The summed E-state index contributed by atoms with van der Waals surface area (Å²) in [4.78, 5) is 2.25. The predicted octanol–water partition coefficient (Wildman–Crippen LogP) is 5.36. The number of hydrogen-bond acceptors (Lipinski definition) is 4. The van der Waals surface area contributed by atoms with E-state index in [4.69, 9.17) is 26.4 Å². The van der Waals surface area contributed by atoms with Crippen LogP contribution in [0.25, 0.3) is 0 Å². The molecule has 0 radical (unpaired) electrons. The fourth-order valence-corrected chi connectivity index (χ4v) is 4.83. The van der Waals surface area contributed by atoms with Gasteiger partial charge in [-0.15, -0.1) is 0 Å². The largest absolute Gasteiger partial charge is 0.493 e. The van der Waals surface area contributed by atoms with E-state index in [1.165, 1.54) is 16.7 Å². The first-order chi connectivity index (χ1) is 17.1. The maximum absolute atomic E-state index is 6.28. The van der Waals surface area contributed by atoms with E-state index in [1.807, 2.05) is 18.2 Å². The molecular weight excluding hydrogens is 456 g/mol. The number of aryl methyl sites for hydroxylation is 1. The molecule has 35 heavy (non-hydrogen) atoms. The lowest BCUT2D eigenvalue weighted by atomic mass is 9.92. The minimum atomic E-state index is -0.0406. The Hall–Kier alpha value is -3.25. The summed E-state index contributed by atoms with van der Waals surface area (Å²) >= 11 is 5.87. The van der Waals surface area contributed by atoms with Gasteiger partial charge >= 0.3 is 0 Å². The zero-order valence-electron chi connectivity index (χ0n) is 20.8. The summed E-state index contributed by atoms with van der Waals surface area (Å²) < 4.78 is 17.5. The lowest BCUT2D eigenvalue weighted by molar-refractivity contribution is 0.187. The Kier molecular flexibility index (Phi) is 8.48. The molecule has 1 aliphatic heterocycles. The molecule has 0 saturated carbocycles. The summed E-state index contributed by atoms with van der Waals surface area (Å²) in [6, 6.07) is 22.9. The lowest BCUT2D eigenvalue weighted by Crippen LogP contribution is -2.47. The van der Waals surface area contributed by atoms with Crippen molar-refractivity contribution in [1.29, 1.82) is 0 Å². The van der Waals surface area contributed by atoms with E-state index in [2.05, 4.69) is 65.7 Å². The van der Waals surface area contributed by atoms with E-state index in [0.717, 1.165) is 54.5 Å². The van der Waals surface area contributed by atoms with Crippen molar-refractivity contribution in [2.24, 2.45) is 0 Å². The Bertz CT molecular complexity index is 1120. The molecule has 3 aromatic rings. The molecule has 4 rings (SSSR count). The number of ether oxygens (including phenoxy) is 3. The van der Waals surface area contributed by atoms with Crippen molar-refractivity contribution < 1.29 is 14.2 Å². The third kappa shape index (κ3) is 6.06. The molecule has 184 valence electrons. The van der Waals surface area contributed by atoms with Crippen molar-refractivity contribution in [3.05, 3.63) is 89.0 Å². The fraction of sp³-hybridized carbons (Fsp3) is 0.345. The van der Waals surface area contributed by atoms with Crippen molar-refractivity contribution >= 4 is 17.3 Å². The monoisotopic (exact) mass is 490 g/mol. The fourth-order valence-electron chi connectivity index (χ4n) is 4.51. The topological polar surface area (TPSA) is 43.0 Å². The van der Waals surface area contributed by atoms with Gasteiger partial charge in [-0.3, -0.25) is 0 Å². The van der Waals surface area contributed by atoms with Gasteiger partial charge in [0.1, 0.15) is 12.4 Å². The molecule has 0 saturated heterocycles. The second-order valence-electron chi connectivity index (χ2n) is 8.64. The Morgan fingerprint density at radius 3 is 2.37 bits per heavy atom. The maximum atomic E-state index is 6.28. The van der Waals surface area contributed by atoms with Gasteiger partial charge in [-0.2, -0.15) is 0 Å². The van der Waals surface area contributed by atoms with Crippen LogP contribution >= 0.6 is 12.2 Å². The van der Waals surface area contributed by atoms with Gasteiger partial charge in [0.2, 0.25) is 0 Å². The van der Waals surface area contributed by atoms with Crippen LogP contribution in [0.3, 0.4) is 0 Å². The summed E-state index contributed by atoms with van der Waals surface area (Å²) in [5, 5.41) is 4.22. The third-order valence-corrected chi connectivity index (χ3v) is 6.91. The highest BCUT2D eigenvalue weighted by Crippen LogP contribution is 2.38. The van der Waals surface area contributed by atoms with Gasteiger partial charge in [-0.25, -0.2) is 0 Å². The molecule has 1 heterocycles. The van der Waals surface area contributed by atoms with Gasteiger partial charge < -0.3 is 24.4 Å². The molecule has 1 atom stereocenters. The average Bonchev–Trinajstić information content (AvgIpc) is 2.91. The molecule has 0 fully saturated rings. The number of methoxy groups -OCH3 is 2. The number of benzene rings is 3. The molecule has 3 aromatic carbocycles. The van der Waals surface area contributed by atoms with Crippen LogP contribution in [0.15, 0.2) is 66.7 Å². The van der Waals surface area contributed by atoms with Crippen molar-refractivity contribution in [3.8, 4) is 17.2 Å². The quantitative estimate of drug-likeness (QED) is 0.407. The zero-order valence-corrected chi connectivity index (χ0v) is 21.6. The second-order valence-corrected chi connectivity index (χ2v) is 9.03.